The van der Waals surface area contributed by atoms with Gasteiger partial charge in [-0.05, 0) is 24.3 Å². The second kappa shape index (κ2) is 4.93. The van der Waals surface area contributed by atoms with Gasteiger partial charge in [0.05, 0.1) is 17.4 Å². The summed E-state index contributed by atoms with van der Waals surface area (Å²) in [5.74, 6) is -0.0836. The molecule has 4 nitrogen and oxygen atoms in total. The van der Waals surface area contributed by atoms with Crippen LogP contribution in [0.1, 0.15) is 11.3 Å². The van der Waals surface area contributed by atoms with Crippen molar-refractivity contribution in [3.8, 4) is 6.07 Å². The summed E-state index contributed by atoms with van der Waals surface area (Å²) in [6.07, 6.45) is 0. The maximum atomic E-state index is 10.4. The quantitative estimate of drug-likeness (QED) is 0.868. The largest absolute Gasteiger partial charge is 0.481 e. The van der Waals surface area contributed by atoms with Crippen LogP contribution >= 0.6 is 11.8 Å². The first-order chi connectivity index (χ1) is 8.19. The third kappa shape index (κ3) is 2.80. The summed E-state index contributed by atoms with van der Waals surface area (Å²) in [6, 6.07) is 9.47. The molecule has 17 heavy (non-hydrogen) atoms. The Hall–Kier alpha value is -1.93. The van der Waals surface area contributed by atoms with Crippen LogP contribution in [0.4, 0.5) is 0 Å². The standard InChI is InChI=1S/C12H10N2O2S/c13-5-8-1-2-11-9(3-8)4-10(14-11)6-17-7-12(15)16/h1-4,14H,6-7H2,(H,15,16). The van der Waals surface area contributed by atoms with Crippen LogP contribution in [-0.2, 0) is 10.5 Å². The molecule has 0 atom stereocenters. The Bertz CT molecular complexity index is 598. The zero-order valence-electron chi connectivity index (χ0n) is 8.93. The maximum Gasteiger partial charge on any atom is 0.313 e. The zero-order chi connectivity index (χ0) is 12.3. The molecule has 0 saturated heterocycles. The summed E-state index contributed by atoms with van der Waals surface area (Å²) >= 11 is 1.34. The van der Waals surface area contributed by atoms with E-state index in [1.54, 1.807) is 6.07 Å². The van der Waals surface area contributed by atoms with Gasteiger partial charge in [-0.25, -0.2) is 0 Å². The Balaban J connectivity index is 2.15. The van der Waals surface area contributed by atoms with E-state index >= 15 is 0 Å². The fourth-order valence-electron chi connectivity index (χ4n) is 1.59. The lowest BCUT2D eigenvalue weighted by Crippen LogP contribution is -1.98. The van der Waals surface area contributed by atoms with Gasteiger partial charge >= 0.3 is 5.97 Å². The molecule has 2 aromatic rings. The Kier molecular flexibility index (Phi) is 3.35. The van der Waals surface area contributed by atoms with Crippen molar-refractivity contribution in [2.75, 3.05) is 5.75 Å². The fraction of sp³-hybridized carbons (Fsp3) is 0.167. The van der Waals surface area contributed by atoms with Gasteiger partial charge in [-0.1, -0.05) is 0 Å². The topological polar surface area (TPSA) is 76.9 Å². The van der Waals surface area contributed by atoms with Crippen LogP contribution in [-0.4, -0.2) is 21.8 Å². The molecule has 2 N–H and O–H groups in total. The molecule has 5 heteroatoms. The van der Waals surface area contributed by atoms with E-state index in [-0.39, 0.29) is 5.75 Å². The number of aromatic nitrogens is 1. The summed E-state index contributed by atoms with van der Waals surface area (Å²) in [6.45, 7) is 0. The smallest absolute Gasteiger partial charge is 0.313 e. The maximum absolute atomic E-state index is 10.4. The molecule has 0 unspecified atom stereocenters. The average molecular weight is 246 g/mol. The van der Waals surface area contributed by atoms with Gasteiger partial charge in [-0.15, -0.1) is 11.8 Å². The van der Waals surface area contributed by atoms with Crippen LogP contribution < -0.4 is 0 Å². The van der Waals surface area contributed by atoms with Crippen molar-refractivity contribution in [1.29, 1.82) is 5.26 Å². The normalized spacial score (nSPS) is 10.3. The molecule has 86 valence electrons. The number of H-pyrrole nitrogens is 1. The van der Waals surface area contributed by atoms with Crippen molar-refractivity contribution < 1.29 is 9.90 Å². The molecule has 0 aliphatic heterocycles. The number of hydrogen-bond acceptors (Lipinski definition) is 3. The van der Waals surface area contributed by atoms with E-state index in [1.165, 1.54) is 11.8 Å². The summed E-state index contributed by atoms with van der Waals surface area (Å²) < 4.78 is 0. The van der Waals surface area contributed by atoms with Crippen LogP contribution in [0.3, 0.4) is 0 Å². The number of nitriles is 1. The van der Waals surface area contributed by atoms with Crippen LogP contribution in [0.25, 0.3) is 10.9 Å². The Morgan fingerprint density at radius 3 is 3.00 bits per heavy atom. The minimum absolute atomic E-state index is 0.0960. The first-order valence-corrected chi connectivity index (χ1v) is 6.16. The molecule has 0 radical (unpaired) electrons. The van der Waals surface area contributed by atoms with E-state index in [9.17, 15) is 4.79 Å². The molecule has 0 spiro atoms. The van der Waals surface area contributed by atoms with Gasteiger partial charge in [0.25, 0.3) is 0 Å². The Morgan fingerprint density at radius 1 is 1.47 bits per heavy atom. The van der Waals surface area contributed by atoms with E-state index in [0.717, 1.165) is 16.6 Å². The average Bonchev–Trinajstić information content (AvgIpc) is 2.69. The number of aromatic amines is 1. The highest BCUT2D eigenvalue weighted by Gasteiger charge is 2.03. The third-order valence-corrected chi connectivity index (χ3v) is 3.25. The zero-order valence-corrected chi connectivity index (χ0v) is 9.75. The molecule has 1 heterocycles. The lowest BCUT2D eigenvalue weighted by atomic mass is 10.2. The predicted octanol–water partition coefficient (Wildman–Crippen LogP) is 2.36. The molecule has 0 fully saturated rings. The van der Waals surface area contributed by atoms with Crippen LogP contribution in [0.15, 0.2) is 24.3 Å². The molecule has 0 saturated carbocycles. The van der Waals surface area contributed by atoms with Crippen molar-refractivity contribution in [2.45, 2.75) is 5.75 Å². The van der Waals surface area contributed by atoms with E-state index in [0.29, 0.717) is 11.3 Å². The second-order valence-corrected chi connectivity index (χ2v) is 4.58. The number of hydrogen-bond donors (Lipinski definition) is 2. The molecule has 0 amide bonds. The SMILES string of the molecule is N#Cc1ccc2[nH]c(CSCC(=O)O)cc2c1. The van der Waals surface area contributed by atoms with Crippen molar-refractivity contribution in [2.24, 2.45) is 0 Å². The molecule has 1 aromatic heterocycles. The van der Waals surface area contributed by atoms with Crippen LogP contribution in [0.5, 0.6) is 0 Å². The van der Waals surface area contributed by atoms with Gasteiger partial charge in [0.15, 0.2) is 0 Å². The number of fused-ring (bicyclic) bond motifs is 1. The monoisotopic (exact) mass is 246 g/mol. The number of nitrogens with one attached hydrogen (secondary N) is 1. The molecular formula is C12H10N2O2S. The van der Waals surface area contributed by atoms with Crippen molar-refractivity contribution in [1.82, 2.24) is 4.98 Å². The molecule has 0 bridgehead atoms. The van der Waals surface area contributed by atoms with Crippen LogP contribution in [0.2, 0.25) is 0 Å². The number of carbonyl (C=O) groups is 1. The van der Waals surface area contributed by atoms with E-state index in [1.807, 2.05) is 18.2 Å². The molecule has 0 aliphatic carbocycles. The fourth-order valence-corrected chi connectivity index (χ4v) is 2.24. The van der Waals surface area contributed by atoms with E-state index in [2.05, 4.69) is 11.1 Å². The first-order valence-electron chi connectivity index (χ1n) is 5.00. The first kappa shape index (κ1) is 11.6. The predicted molar refractivity (Wildman–Crippen MR) is 66.8 cm³/mol. The molecule has 2 rings (SSSR count). The molecule has 1 aromatic carbocycles. The van der Waals surface area contributed by atoms with Gasteiger partial charge < -0.3 is 10.1 Å². The van der Waals surface area contributed by atoms with E-state index in [4.69, 9.17) is 10.4 Å². The number of benzene rings is 1. The highest BCUT2D eigenvalue weighted by molar-refractivity contribution is 7.99. The van der Waals surface area contributed by atoms with Crippen LogP contribution in [0, 0.1) is 11.3 Å². The summed E-state index contributed by atoms with van der Waals surface area (Å²) in [7, 11) is 0. The van der Waals surface area contributed by atoms with Crippen molar-refractivity contribution >= 4 is 28.6 Å². The second-order valence-electron chi connectivity index (χ2n) is 3.59. The highest BCUT2D eigenvalue weighted by atomic mass is 32.2. The van der Waals surface area contributed by atoms with Gasteiger partial charge in [0, 0.05) is 22.3 Å². The number of nitrogens with zero attached hydrogens (tertiary/aromatic N) is 1. The number of aliphatic carboxylic acids is 1. The molecule has 0 aliphatic rings. The molecular weight excluding hydrogens is 236 g/mol. The van der Waals surface area contributed by atoms with Gasteiger partial charge in [-0.2, -0.15) is 5.26 Å². The Labute approximate surface area is 102 Å². The van der Waals surface area contributed by atoms with Gasteiger partial charge in [0.2, 0.25) is 0 Å². The Morgan fingerprint density at radius 2 is 2.29 bits per heavy atom. The minimum Gasteiger partial charge on any atom is -0.481 e. The van der Waals surface area contributed by atoms with Crippen molar-refractivity contribution in [3.63, 3.8) is 0 Å². The lowest BCUT2D eigenvalue weighted by Gasteiger charge is -1.94. The number of carboxylic acids is 1. The summed E-state index contributed by atoms with van der Waals surface area (Å²) in [4.78, 5) is 13.6. The van der Waals surface area contributed by atoms with Crippen molar-refractivity contribution in [3.05, 3.63) is 35.5 Å². The van der Waals surface area contributed by atoms with Gasteiger partial charge in [-0.3, -0.25) is 4.79 Å². The highest BCUT2D eigenvalue weighted by Crippen LogP contribution is 2.20. The van der Waals surface area contributed by atoms with Gasteiger partial charge in [0.1, 0.15) is 0 Å². The summed E-state index contributed by atoms with van der Waals surface area (Å²) in [5.41, 5.74) is 2.57. The van der Waals surface area contributed by atoms with E-state index < -0.39 is 5.97 Å². The number of thioether (sulfide) groups is 1. The minimum atomic E-state index is -0.808. The number of rotatable bonds is 4. The summed E-state index contributed by atoms with van der Waals surface area (Å²) in [5, 5.41) is 18.3. The lowest BCUT2D eigenvalue weighted by molar-refractivity contribution is -0.133. The number of carboxylic acid groups (broad SMARTS) is 1. The third-order valence-electron chi connectivity index (χ3n) is 2.29.